The van der Waals surface area contributed by atoms with Crippen molar-refractivity contribution in [2.75, 3.05) is 6.61 Å². The predicted octanol–water partition coefficient (Wildman–Crippen LogP) is 1.81. The molecule has 0 bridgehead atoms. The molecule has 0 saturated heterocycles. The first kappa shape index (κ1) is 11.1. The van der Waals surface area contributed by atoms with Crippen LogP contribution in [0.5, 0.6) is 0 Å². The minimum Gasteiger partial charge on any atom is -0.377 e. The van der Waals surface area contributed by atoms with Crippen molar-refractivity contribution < 1.29 is 4.74 Å². The van der Waals surface area contributed by atoms with Crippen LogP contribution < -0.4 is 5.73 Å². The average Bonchev–Trinajstić information content (AvgIpc) is 2.14. The van der Waals surface area contributed by atoms with E-state index in [0.29, 0.717) is 6.61 Å². The van der Waals surface area contributed by atoms with E-state index in [1.807, 2.05) is 32.9 Å². The summed E-state index contributed by atoms with van der Waals surface area (Å²) < 4.78 is 5.45. The van der Waals surface area contributed by atoms with Crippen LogP contribution in [0.3, 0.4) is 0 Å². The van der Waals surface area contributed by atoms with Crippen molar-refractivity contribution >= 4 is 0 Å². The maximum absolute atomic E-state index is 5.96. The van der Waals surface area contributed by atoms with Crippen molar-refractivity contribution in [3.8, 4) is 0 Å². The van der Waals surface area contributed by atoms with Crippen LogP contribution in [0.4, 0.5) is 0 Å². The Morgan fingerprint density at radius 1 is 1.50 bits per heavy atom. The van der Waals surface area contributed by atoms with Crippen LogP contribution in [0.1, 0.15) is 31.1 Å². The van der Waals surface area contributed by atoms with Crippen LogP contribution in [-0.4, -0.2) is 17.7 Å². The molecule has 2 N–H and O–H groups in total. The fraction of sp³-hybridized carbons (Fsp3) is 0.545. The summed E-state index contributed by atoms with van der Waals surface area (Å²) in [6, 6.07) is 3.87. The normalized spacial score (nSPS) is 13.2. The van der Waals surface area contributed by atoms with E-state index >= 15 is 0 Å². The number of nitrogens with zero attached hydrogens (tertiary/aromatic N) is 1. The first-order valence-electron chi connectivity index (χ1n) is 4.89. The van der Waals surface area contributed by atoms with Gasteiger partial charge in [-0.3, -0.25) is 4.98 Å². The highest BCUT2D eigenvalue weighted by atomic mass is 16.5. The largest absolute Gasteiger partial charge is 0.377 e. The third-order valence-electron chi connectivity index (χ3n) is 1.96. The van der Waals surface area contributed by atoms with E-state index in [2.05, 4.69) is 4.98 Å². The van der Waals surface area contributed by atoms with E-state index in [1.54, 1.807) is 6.20 Å². The van der Waals surface area contributed by atoms with Gasteiger partial charge < -0.3 is 10.5 Å². The Kier molecular flexibility index (Phi) is 4.04. The molecular weight excluding hydrogens is 176 g/mol. The second-order valence-corrected chi connectivity index (χ2v) is 3.72. The number of hydrogen-bond donors (Lipinski definition) is 1. The topological polar surface area (TPSA) is 48.1 Å². The van der Waals surface area contributed by atoms with Crippen molar-refractivity contribution in [3.63, 3.8) is 0 Å². The summed E-state index contributed by atoms with van der Waals surface area (Å²) in [6.45, 7) is 6.52. The lowest BCUT2D eigenvalue weighted by atomic mass is 10.1. The van der Waals surface area contributed by atoms with Gasteiger partial charge in [-0.15, -0.1) is 0 Å². The van der Waals surface area contributed by atoms with Crippen molar-refractivity contribution in [2.45, 2.75) is 32.9 Å². The van der Waals surface area contributed by atoms with Gasteiger partial charge in [0.15, 0.2) is 0 Å². The van der Waals surface area contributed by atoms with Crippen molar-refractivity contribution in [3.05, 3.63) is 29.6 Å². The Bertz CT molecular complexity index is 286. The standard InChI is InChI=1S/C11H18N2O/c1-8(2)14-7-11(12)10-4-5-13-9(3)6-10/h4-6,8,11H,7,12H2,1-3H3. The third kappa shape index (κ3) is 3.44. The lowest BCUT2D eigenvalue weighted by Gasteiger charge is -2.14. The molecule has 1 heterocycles. The molecule has 1 atom stereocenters. The van der Waals surface area contributed by atoms with Crippen molar-refractivity contribution in [1.82, 2.24) is 4.98 Å². The zero-order valence-electron chi connectivity index (χ0n) is 9.03. The monoisotopic (exact) mass is 194 g/mol. The van der Waals surface area contributed by atoms with Gasteiger partial charge in [-0.25, -0.2) is 0 Å². The zero-order chi connectivity index (χ0) is 10.6. The van der Waals surface area contributed by atoms with Crippen LogP contribution >= 0.6 is 0 Å². The van der Waals surface area contributed by atoms with Crippen molar-refractivity contribution in [1.29, 1.82) is 0 Å². The molecule has 0 fully saturated rings. The fourth-order valence-corrected chi connectivity index (χ4v) is 1.19. The van der Waals surface area contributed by atoms with Crippen LogP contribution in [0.2, 0.25) is 0 Å². The van der Waals surface area contributed by atoms with E-state index in [4.69, 9.17) is 10.5 Å². The zero-order valence-corrected chi connectivity index (χ0v) is 9.03. The molecule has 78 valence electrons. The summed E-state index contributed by atoms with van der Waals surface area (Å²) in [5.74, 6) is 0. The molecule has 0 aliphatic rings. The van der Waals surface area contributed by atoms with Crippen LogP contribution in [0, 0.1) is 6.92 Å². The maximum Gasteiger partial charge on any atom is 0.0662 e. The SMILES string of the molecule is Cc1cc(C(N)COC(C)C)ccn1. The predicted molar refractivity (Wildman–Crippen MR) is 57.0 cm³/mol. The first-order chi connectivity index (χ1) is 6.59. The second-order valence-electron chi connectivity index (χ2n) is 3.72. The summed E-state index contributed by atoms with van der Waals surface area (Å²) >= 11 is 0. The lowest BCUT2D eigenvalue weighted by Crippen LogP contribution is -2.19. The van der Waals surface area contributed by atoms with Gasteiger partial charge in [0.05, 0.1) is 18.8 Å². The summed E-state index contributed by atoms with van der Waals surface area (Å²) in [5.41, 5.74) is 8.03. The molecule has 0 amide bonds. The molecule has 0 aromatic carbocycles. The molecule has 1 aromatic rings. The van der Waals surface area contributed by atoms with Gasteiger partial charge in [-0.2, -0.15) is 0 Å². The Labute approximate surface area is 85.3 Å². The molecule has 0 aliphatic heterocycles. The Hall–Kier alpha value is -0.930. The van der Waals surface area contributed by atoms with Crippen LogP contribution in [-0.2, 0) is 4.74 Å². The van der Waals surface area contributed by atoms with Gasteiger partial charge in [0.2, 0.25) is 0 Å². The van der Waals surface area contributed by atoms with Gasteiger partial charge in [0.1, 0.15) is 0 Å². The van der Waals surface area contributed by atoms with Gasteiger partial charge in [-0.05, 0) is 38.5 Å². The highest BCUT2D eigenvalue weighted by Crippen LogP contribution is 2.11. The highest BCUT2D eigenvalue weighted by molar-refractivity contribution is 5.18. The minimum absolute atomic E-state index is 0.0564. The molecule has 0 aliphatic carbocycles. The molecule has 0 saturated carbocycles. The summed E-state index contributed by atoms with van der Waals surface area (Å²) in [5, 5.41) is 0. The molecule has 0 radical (unpaired) electrons. The summed E-state index contributed by atoms with van der Waals surface area (Å²) in [7, 11) is 0. The number of pyridine rings is 1. The highest BCUT2D eigenvalue weighted by Gasteiger charge is 2.07. The number of nitrogens with two attached hydrogens (primary N) is 1. The van der Waals surface area contributed by atoms with E-state index in [0.717, 1.165) is 11.3 Å². The quantitative estimate of drug-likeness (QED) is 0.795. The average molecular weight is 194 g/mol. The van der Waals surface area contributed by atoms with Gasteiger partial charge in [0.25, 0.3) is 0 Å². The fourth-order valence-electron chi connectivity index (χ4n) is 1.19. The number of ether oxygens (including phenoxy) is 1. The van der Waals surface area contributed by atoms with E-state index in [1.165, 1.54) is 0 Å². The Morgan fingerprint density at radius 2 is 2.21 bits per heavy atom. The summed E-state index contributed by atoms with van der Waals surface area (Å²) in [4.78, 5) is 4.12. The maximum atomic E-state index is 5.96. The number of rotatable bonds is 4. The molecule has 1 aromatic heterocycles. The van der Waals surface area contributed by atoms with E-state index < -0.39 is 0 Å². The molecule has 1 unspecified atom stereocenters. The molecule has 0 spiro atoms. The first-order valence-corrected chi connectivity index (χ1v) is 4.89. The molecule has 3 heteroatoms. The number of aromatic nitrogens is 1. The second kappa shape index (κ2) is 5.08. The van der Waals surface area contributed by atoms with E-state index in [-0.39, 0.29) is 12.1 Å². The van der Waals surface area contributed by atoms with Crippen LogP contribution in [0.25, 0.3) is 0 Å². The van der Waals surface area contributed by atoms with Crippen molar-refractivity contribution in [2.24, 2.45) is 5.73 Å². The molecule has 1 rings (SSSR count). The lowest BCUT2D eigenvalue weighted by molar-refractivity contribution is 0.0683. The molecule has 14 heavy (non-hydrogen) atoms. The van der Waals surface area contributed by atoms with Gasteiger partial charge >= 0.3 is 0 Å². The van der Waals surface area contributed by atoms with Crippen LogP contribution in [0.15, 0.2) is 18.3 Å². The summed E-state index contributed by atoms with van der Waals surface area (Å²) in [6.07, 6.45) is 2.00. The minimum atomic E-state index is -0.0564. The van der Waals surface area contributed by atoms with E-state index in [9.17, 15) is 0 Å². The smallest absolute Gasteiger partial charge is 0.0662 e. The Balaban J connectivity index is 2.56. The van der Waals surface area contributed by atoms with Gasteiger partial charge in [-0.1, -0.05) is 0 Å². The Morgan fingerprint density at radius 3 is 2.79 bits per heavy atom. The third-order valence-corrected chi connectivity index (χ3v) is 1.96. The number of hydrogen-bond acceptors (Lipinski definition) is 3. The number of aryl methyl sites for hydroxylation is 1. The van der Waals surface area contributed by atoms with Gasteiger partial charge in [0, 0.05) is 11.9 Å². The molecular formula is C11H18N2O. The molecule has 3 nitrogen and oxygen atoms in total.